The molecule has 0 saturated carbocycles. The Morgan fingerprint density at radius 3 is 2.94 bits per heavy atom. The zero-order valence-corrected chi connectivity index (χ0v) is 11.1. The van der Waals surface area contributed by atoms with E-state index in [1.807, 2.05) is 13.8 Å². The third kappa shape index (κ3) is 2.64. The third-order valence-electron chi connectivity index (χ3n) is 3.26. The molecule has 0 aliphatic carbocycles. The van der Waals surface area contributed by atoms with Crippen LogP contribution < -0.4 is 11.1 Å². The van der Waals surface area contributed by atoms with Crippen LogP contribution in [0.15, 0.2) is 6.20 Å². The van der Waals surface area contributed by atoms with Crippen LogP contribution in [0.3, 0.4) is 0 Å². The number of amides is 1. The van der Waals surface area contributed by atoms with Crippen molar-refractivity contribution in [1.29, 1.82) is 0 Å². The fourth-order valence-electron chi connectivity index (χ4n) is 2.24. The lowest BCUT2D eigenvalue weighted by atomic mass is 9.94. The van der Waals surface area contributed by atoms with Crippen molar-refractivity contribution >= 4 is 11.7 Å². The first-order valence-electron chi connectivity index (χ1n) is 6.11. The summed E-state index contributed by atoms with van der Waals surface area (Å²) in [5.74, 6) is 0.224. The number of hydrogen-bond donors (Lipinski definition) is 2. The Bertz CT molecular complexity index is 453. The Labute approximate surface area is 106 Å². The second-order valence-corrected chi connectivity index (χ2v) is 5.34. The van der Waals surface area contributed by atoms with Gasteiger partial charge < -0.3 is 15.8 Å². The van der Waals surface area contributed by atoms with Gasteiger partial charge in [0.2, 0.25) is 0 Å². The lowest BCUT2D eigenvalue weighted by Gasteiger charge is -2.35. The van der Waals surface area contributed by atoms with E-state index >= 15 is 0 Å². The van der Waals surface area contributed by atoms with Crippen LogP contribution in [0, 0.1) is 0 Å². The smallest absolute Gasteiger partial charge is 0.256 e. The molecule has 1 aliphatic heterocycles. The van der Waals surface area contributed by atoms with Gasteiger partial charge in [0, 0.05) is 19.7 Å². The van der Waals surface area contributed by atoms with E-state index in [4.69, 9.17) is 10.5 Å². The van der Waals surface area contributed by atoms with Crippen molar-refractivity contribution in [2.24, 2.45) is 7.05 Å². The summed E-state index contributed by atoms with van der Waals surface area (Å²) in [5.41, 5.74) is 6.03. The molecule has 1 atom stereocenters. The Balaban J connectivity index is 2.01. The highest BCUT2D eigenvalue weighted by Crippen LogP contribution is 2.24. The SMILES string of the molecule is Cn1ncc(C(=O)NC2CCOC(C)(C)C2)c1N. The van der Waals surface area contributed by atoms with Crippen molar-refractivity contribution in [3.05, 3.63) is 11.8 Å². The van der Waals surface area contributed by atoms with E-state index in [1.165, 1.54) is 10.9 Å². The highest BCUT2D eigenvalue weighted by Gasteiger charge is 2.30. The standard InChI is InChI=1S/C12H20N4O2/c1-12(2)6-8(4-5-18-12)15-11(17)9-7-14-16(3)10(9)13/h7-8H,4-6,13H2,1-3H3,(H,15,17). The van der Waals surface area contributed by atoms with Gasteiger partial charge >= 0.3 is 0 Å². The molecule has 0 bridgehead atoms. The van der Waals surface area contributed by atoms with Gasteiger partial charge in [0.25, 0.3) is 5.91 Å². The Hall–Kier alpha value is -1.56. The molecule has 1 aromatic rings. The molecule has 3 N–H and O–H groups in total. The fourth-order valence-corrected chi connectivity index (χ4v) is 2.24. The summed E-state index contributed by atoms with van der Waals surface area (Å²) in [5, 5.41) is 6.96. The molecular weight excluding hydrogens is 232 g/mol. The van der Waals surface area contributed by atoms with Gasteiger partial charge in [0.05, 0.1) is 11.8 Å². The van der Waals surface area contributed by atoms with Crippen molar-refractivity contribution in [3.8, 4) is 0 Å². The molecule has 2 heterocycles. The first kappa shape index (κ1) is 12.9. The third-order valence-corrected chi connectivity index (χ3v) is 3.26. The zero-order valence-electron chi connectivity index (χ0n) is 11.1. The molecular formula is C12H20N4O2. The van der Waals surface area contributed by atoms with Gasteiger partial charge in [-0.05, 0) is 26.7 Å². The summed E-state index contributed by atoms with van der Waals surface area (Å²) in [6.07, 6.45) is 3.13. The molecule has 1 saturated heterocycles. The summed E-state index contributed by atoms with van der Waals surface area (Å²) in [4.78, 5) is 12.1. The van der Waals surface area contributed by atoms with E-state index in [2.05, 4.69) is 10.4 Å². The van der Waals surface area contributed by atoms with Crippen LogP contribution in [-0.4, -0.2) is 33.9 Å². The lowest BCUT2D eigenvalue weighted by Crippen LogP contribution is -2.45. The summed E-state index contributed by atoms with van der Waals surface area (Å²) in [6.45, 7) is 4.73. The summed E-state index contributed by atoms with van der Waals surface area (Å²) < 4.78 is 7.11. The van der Waals surface area contributed by atoms with Crippen LogP contribution in [0.1, 0.15) is 37.0 Å². The summed E-state index contributed by atoms with van der Waals surface area (Å²) >= 11 is 0. The number of anilines is 1. The Kier molecular flexibility index (Phi) is 3.30. The normalized spacial score (nSPS) is 22.7. The largest absolute Gasteiger partial charge is 0.383 e. The minimum absolute atomic E-state index is 0.126. The van der Waals surface area contributed by atoms with Crippen molar-refractivity contribution in [2.75, 3.05) is 12.3 Å². The predicted molar refractivity (Wildman–Crippen MR) is 68.1 cm³/mol. The van der Waals surface area contributed by atoms with E-state index in [0.717, 1.165) is 12.8 Å². The molecule has 1 aliphatic rings. The van der Waals surface area contributed by atoms with E-state index in [0.29, 0.717) is 18.0 Å². The van der Waals surface area contributed by atoms with Crippen molar-refractivity contribution in [3.63, 3.8) is 0 Å². The van der Waals surface area contributed by atoms with Crippen LogP contribution >= 0.6 is 0 Å². The molecule has 1 unspecified atom stereocenters. The maximum absolute atomic E-state index is 12.1. The van der Waals surface area contributed by atoms with Crippen molar-refractivity contribution in [2.45, 2.75) is 38.3 Å². The van der Waals surface area contributed by atoms with Crippen molar-refractivity contribution in [1.82, 2.24) is 15.1 Å². The Morgan fingerprint density at radius 2 is 2.39 bits per heavy atom. The molecule has 6 nitrogen and oxygen atoms in total. The van der Waals surface area contributed by atoms with Gasteiger partial charge in [-0.25, -0.2) is 0 Å². The average molecular weight is 252 g/mol. The monoisotopic (exact) mass is 252 g/mol. The first-order chi connectivity index (χ1) is 8.39. The van der Waals surface area contributed by atoms with E-state index in [1.54, 1.807) is 7.05 Å². The van der Waals surface area contributed by atoms with Gasteiger partial charge in [-0.15, -0.1) is 0 Å². The molecule has 0 spiro atoms. The number of aromatic nitrogens is 2. The number of rotatable bonds is 2. The molecule has 2 rings (SSSR count). The number of carbonyl (C=O) groups is 1. The van der Waals surface area contributed by atoms with Gasteiger partial charge in [-0.2, -0.15) is 5.10 Å². The second kappa shape index (κ2) is 4.61. The first-order valence-corrected chi connectivity index (χ1v) is 6.11. The quantitative estimate of drug-likeness (QED) is 0.811. The van der Waals surface area contributed by atoms with Crippen molar-refractivity contribution < 1.29 is 9.53 Å². The fraction of sp³-hybridized carbons (Fsp3) is 0.667. The lowest BCUT2D eigenvalue weighted by molar-refractivity contribution is -0.0615. The van der Waals surface area contributed by atoms with Gasteiger partial charge in [0.15, 0.2) is 0 Å². The highest BCUT2D eigenvalue weighted by molar-refractivity contribution is 5.98. The van der Waals surface area contributed by atoms with Crippen LogP contribution in [0.2, 0.25) is 0 Å². The zero-order chi connectivity index (χ0) is 13.3. The topological polar surface area (TPSA) is 82.2 Å². The summed E-state index contributed by atoms with van der Waals surface area (Å²) in [7, 11) is 1.71. The average Bonchev–Trinajstić information content (AvgIpc) is 2.58. The number of nitrogens with one attached hydrogen (secondary N) is 1. The number of nitrogens with zero attached hydrogens (tertiary/aromatic N) is 2. The molecule has 0 aromatic carbocycles. The molecule has 1 fully saturated rings. The number of hydrogen-bond acceptors (Lipinski definition) is 4. The highest BCUT2D eigenvalue weighted by atomic mass is 16.5. The van der Waals surface area contributed by atoms with Crippen LogP contribution in [0.25, 0.3) is 0 Å². The van der Waals surface area contributed by atoms with E-state index in [-0.39, 0.29) is 17.6 Å². The number of ether oxygens (including phenoxy) is 1. The summed E-state index contributed by atoms with van der Waals surface area (Å²) in [6, 6.07) is 0.126. The molecule has 6 heteroatoms. The molecule has 1 amide bonds. The maximum atomic E-state index is 12.1. The maximum Gasteiger partial charge on any atom is 0.256 e. The minimum atomic E-state index is -0.184. The number of nitrogen functional groups attached to an aromatic ring is 1. The molecule has 18 heavy (non-hydrogen) atoms. The molecule has 0 radical (unpaired) electrons. The predicted octanol–water partition coefficient (Wildman–Crippen LogP) is 0.690. The second-order valence-electron chi connectivity index (χ2n) is 5.34. The number of nitrogens with two attached hydrogens (primary N) is 1. The van der Waals surface area contributed by atoms with Crippen LogP contribution in [0.5, 0.6) is 0 Å². The minimum Gasteiger partial charge on any atom is -0.383 e. The molecule has 100 valence electrons. The Morgan fingerprint density at radius 1 is 1.67 bits per heavy atom. The van der Waals surface area contributed by atoms with E-state index in [9.17, 15) is 4.79 Å². The van der Waals surface area contributed by atoms with Crippen LogP contribution in [0.4, 0.5) is 5.82 Å². The number of aryl methyl sites for hydroxylation is 1. The van der Waals surface area contributed by atoms with Gasteiger partial charge in [0.1, 0.15) is 11.4 Å². The van der Waals surface area contributed by atoms with Gasteiger partial charge in [-0.1, -0.05) is 0 Å². The van der Waals surface area contributed by atoms with Gasteiger partial charge in [-0.3, -0.25) is 9.48 Å². The van der Waals surface area contributed by atoms with Crippen LogP contribution in [-0.2, 0) is 11.8 Å². The van der Waals surface area contributed by atoms with E-state index < -0.39 is 0 Å². The number of carbonyl (C=O) groups excluding carboxylic acids is 1. The molecule has 1 aromatic heterocycles.